The van der Waals surface area contributed by atoms with Gasteiger partial charge < -0.3 is 9.05 Å². The fourth-order valence-corrected chi connectivity index (χ4v) is 4.69. The van der Waals surface area contributed by atoms with Gasteiger partial charge >= 0.3 is 7.60 Å². The smallest absolute Gasteiger partial charge is 0.308 e. The molecule has 0 saturated heterocycles. The van der Waals surface area contributed by atoms with E-state index in [1.165, 1.54) is 19.3 Å². The zero-order valence-corrected chi connectivity index (χ0v) is 11.8. The van der Waals surface area contributed by atoms with Gasteiger partial charge in [-0.2, -0.15) is 0 Å². The van der Waals surface area contributed by atoms with Gasteiger partial charge in [0, 0.05) is 0 Å². The van der Waals surface area contributed by atoms with Crippen LogP contribution in [0.25, 0.3) is 0 Å². The highest BCUT2D eigenvalue weighted by atomic mass is 35.5. The van der Waals surface area contributed by atoms with Crippen molar-refractivity contribution in [1.82, 2.24) is 0 Å². The Morgan fingerprint density at radius 1 is 1.19 bits per heavy atom. The molecular weight excluding hydrogens is 247 g/mol. The molecule has 1 unspecified atom stereocenters. The molecule has 0 aromatic rings. The highest BCUT2D eigenvalue weighted by Crippen LogP contribution is 2.59. The molecule has 0 amide bonds. The lowest BCUT2D eigenvalue weighted by Crippen LogP contribution is -2.20. The SMILES string of the molecule is CCOP(=O)(OCC)C(Cl)C1CCCCC1. The third kappa shape index (κ3) is 3.73. The molecule has 0 spiro atoms. The topological polar surface area (TPSA) is 35.5 Å². The average Bonchev–Trinajstić information content (AvgIpc) is 2.30. The summed E-state index contributed by atoms with van der Waals surface area (Å²) >= 11 is 6.31. The Morgan fingerprint density at radius 3 is 2.12 bits per heavy atom. The first-order chi connectivity index (χ1) is 7.64. The largest absolute Gasteiger partial charge is 0.348 e. The van der Waals surface area contributed by atoms with Crippen LogP contribution in [0.3, 0.4) is 0 Å². The highest BCUT2D eigenvalue weighted by molar-refractivity contribution is 7.56. The summed E-state index contributed by atoms with van der Waals surface area (Å²) in [5.74, 6) is 0.277. The molecule has 1 atom stereocenters. The zero-order valence-electron chi connectivity index (χ0n) is 10.2. The molecule has 96 valence electrons. The third-order valence-electron chi connectivity index (χ3n) is 2.96. The molecule has 0 aromatic carbocycles. The second-order valence-electron chi connectivity index (χ2n) is 4.15. The van der Waals surface area contributed by atoms with Gasteiger partial charge in [-0.15, -0.1) is 11.6 Å². The number of hydrogen-bond donors (Lipinski definition) is 0. The van der Waals surface area contributed by atoms with Crippen molar-refractivity contribution >= 4 is 19.2 Å². The summed E-state index contributed by atoms with van der Waals surface area (Å²) in [7, 11) is -3.11. The zero-order chi connectivity index (χ0) is 12.0. The maximum absolute atomic E-state index is 12.4. The summed E-state index contributed by atoms with van der Waals surface area (Å²) in [6, 6.07) is 0. The minimum Gasteiger partial charge on any atom is -0.308 e. The van der Waals surface area contributed by atoms with Crippen molar-refractivity contribution in [1.29, 1.82) is 0 Å². The molecule has 5 heteroatoms. The number of halogens is 1. The molecule has 16 heavy (non-hydrogen) atoms. The molecule has 1 aliphatic rings. The van der Waals surface area contributed by atoms with Gasteiger partial charge in [0.15, 0.2) is 0 Å². The highest BCUT2D eigenvalue weighted by Gasteiger charge is 2.39. The second-order valence-corrected chi connectivity index (χ2v) is 7.07. The van der Waals surface area contributed by atoms with Gasteiger partial charge in [-0.1, -0.05) is 19.3 Å². The Labute approximate surface area is 103 Å². The maximum atomic E-state index is 12.4. The van der Waals surface area contributed by atoms with E-state index in [2.05, 4.69) is 0 Å². The lowest BCUT2D eigenvalue weighted by Gasteiger charge is -2.30. The molecule has 3 nitrogen and oxygen atoms in total. The molecule has 0 N–H and O–H groups in total. The second kappa shape index (κ2) is 7.00. The fourth-order valence-electron chi connectivity index (χ4n) is 2.21. The van der Waals surface area contributed by atoms with Gasteiger partial charge in [0.2, 0.25) is 0 Å². The van der Waals surface area contributed by atoms with Crippen LogP contribution >= 0.6 is 19.2 Å². The van der Waals surface area contributed by atoms with E-state index < -0.39 is 12.7 Å². The quantitative estimate of drug-likeness (QED) is 0.529. The molecule has 0 aromatic heterocycles. The van der Waals surface area contributed by atoms with Crippen LogP contribution in [0.1, 0.15) is 46.0 Å². The van der Waals surface area contributed by atoms with E-state index in [9.17, 15) is 4.57 Å². The van der Waals surface area contributed by atoms with Crippen LogP contribution in [0.5, 0.6) is 0 Å². The summed E-state index contributed by atoms with van der Waals surface area (Å²) in [6.45, 7) is 4.40. The van der Waals surface area contributed by atoms with E-state index in [-0.39, 0.29) is 5.92 Å². The predicted octanol–water partition coefficient (Wildman–Crippen LogP) is 4.40. The Kier molecular flexibility index (Phi) is 6.35. The van der Waals surface area contributed by atoms with Crippen molar-refractivity contribution in [2.45, 2.75) is 51.1 Å². The first-order valence-electron chi connectivity index (χ1n) is 6.17. The third-order valence-corrected chi connectivity index (χ3v) is 6.29. The average molecular weight is 269 g/mol. The van der Waals surface area contributed by atoms with E-state index in [0.29, 0.717) is 13.2 Å². The lowest BCUT2D eigenvalue weighted by molar-refractivity contribution is 0.207. The van der Waals surface area contributed by atoms with Crippen LogP contribution in [0.4, 0.5) is 0 Å². The lowest BCUT2D eigenvalue weighted by atomic mass is 9.91. The van der Waals surface area contributed by atoms with E-state index in [1.54, 1.807) is 0 Å². The van der Waals surface area contributed by atoms with Gasteiger partial charge in [-0.25, -0.2) is 0 Å². The van der Waals surface area contributed by atoms with Crippen molar-refractivity contribution in [3.8, 4) is 0 Å². The van der Waals surface area contributed by atoms with Crippen molar-refractivity contribution in [3.05, 3.63) is 0 Å². The van der Waals surface area contributed by atoms with E-state index in [0.717, 1.165) is 12.8 Å². The standard InChI is InChI=1S/C11H22ClO3P/c1-3-14-16(13,15-4-2)11(12)10-8-6-5-7-9-10/h10-11H,3-9H2,1-2H3. The van der Waals surface area contributed by atoms with Crippen LogP contribution in [0, 0.1) is 5.92 Å². The fraction of sp³-hybridized carbons (Fsp3) is 1.00. The molecule has 0 bridgehead atoms. The van der Waals surface area contributed by atoms with Gasteiger partial charge in [-0.05, 0) is 32.6 Å². The summed E-state index contributed by atoms with van der Waals surface area (Å²) < 4.78 is 23.0. The Morgan fingerprint density at radius 2 is 1.69 bits per heavy atom. The van der Waals surface area contributed by atoms with Gasteiger partial charge in [0.1, 0.15) is 5.12 Å². The van der Waals surface area contributed by atoms with Crippen molar-refractivity contribution in [3.63, 3.8) is 0 Å². The Hall–Kier alpha value is 0.440. The minimum atomic E-state index is -3.11. The predicted molar refractivity (Wildman–Crippen MR) is 67.1 cm³/mol. The molecule has 0 aliphatic heterocycles. The maximum Gasteiger partial charge on any atom is 0.348 e. The van der Waals surface area contributed by atoms with Crippen LogP contribution in [0.15, 0.2) is 0 Å². The van der Waals surface area contributed by atoms with Crippen molar-refractivity contribution in [2.24, 2.45) is 5.92 Å². The molecule has 1 aliphatic carbocycles. The molecular formula is C11H22ClO3P. The van der Waals surface area contributed by atoms with Crippen LogP contribution in [0.2, 0.25) is 0 Å². The summed E-state index contributed by atoms with van der Waals surface area (Å²) in [6.07, 6.45) is 5.68. The van der Waals surface area contributed by atoms with E-state index in [4.69, 9.17) is 20.6 Å². The van der Waals surface area contributed by atoms with Crippen molar-refractivity contribution in [2.75, 3.05) is 13.2 Å². The monoisotopic (exact) mass is 268 g/mol. The Balaban J connectivity index is 2.64. The van der Waals surface area contributed by atoms with Gasteiger partial charge in [0.25, 0.3) is 0 Å². The van der Waals surface area contributed by atoms with E-state index >= 15 is 0 Å². The number of rotatable bonds is 6. The summed E-state index contributed by atoms with van der Waals surface area (Å²) in [5, 5.41) is -0.479. The molecule has 1 saturated carbocycles. The van der Waals surface area contributed by atoms with Crippen LogP contribution in [-0.2, 0) is 13.6 Å². The minimum absolute atomic E-state index is 0.277. The van der Waals surface area contributed by atoms with Gasteiger partial charge in [-0.3, -0.25) is 4.57 Å². The molecule has 1 fully saturated rings. The van der Waals surface area contributed by atoms with E-state index in [1.807, 2.05) is 13.8 Å². The van der Waals surface area contributed by atoms with Crippen LogP contribution in [-0.4, -0.2) is 18.3 Å². The van der Waals surface area contributed by atoms with Crippen LogP contribution < -0.4 is 0 Å². The Bertz CT molecular complexity index is 231. The molecule has 0 radical (unpaired) electrons. The first-order valence-corrected chi connectivity index (χ1v) is 8.21. The molecule has 0 heterocycles. The molecule has 1 rings (SSSR count). The summed E-state index contributed by atoms with van der Waals surface area (Å²) in [5.41, 5.74) is 0. The first kappa shape index (κ1) is 14.5. The number of alkyl halides is 1. The summed E-state index contributed by atoms with van der Waals surface area (Å²) in [4.78, 5) is 0. The van der Waals surface area contributed by atoms with Crippen molar-refractivity contribution < 1.29 is 13.6 Å². The number of hydrogen-bond acceptors (Lipinski definition) is 3. The van der Waals surface area contributed by atoms with Gasteiger partial charge in [0.05, 0.1) is 13.2 Å². The normalized spacial score (nSPS) is 20.9.